The van der Waals surface area contributed by atoms with Gasteiger partial charge < -0.3 is 5.32 Å². The van der Waals surface area contributed by atoms with Crippen molar-refractivity contribution < 1.29 is 0 Å². The van der Waals surface area contributed by atoms with Gasteiger partial charge in [0.25, 0.3) is 0 Å². The van der Waals surface area contributed by atoms with Crippen molar-refractivity contribution in [2.24, 2.45) is 23.7 Å². The summed E-state index contributed by atoms with van der Waals surface area (Å²) in [6.07, 6.45) is 10.6. The van der Waals surface area contributed by atoms with Gasteiger partial charge in [-0.25, -0.2) is 0 Å². The fourth-order valence-electron chi connectivity index (χ4n) is 4.72. The minimum Gasteiger partial charge on any atom is -0.312 e. The third-order valence-corrected chi connectivity index (χ3v) is 6.00. The summed E-state index contributed by atoms with van der Waals surface area (Å²) >= 11 is 0. The van der Waals surface area contributed by atoms with E-state index in [1.807, 2.05) is 0 Å². The number of rotatable bonds is 6. The Hall–Kier alpha value is -0.340. The maximum absolute atomic E-state index is 3.89. The SMILES string of the molecule is CC(C)C(CNC(C)C1CC2C=CC1C2)N1CCCC1. The van der Waals surface area contributed by atoms with Crippen LogP contribution in [0.5, 0.6) is 0 Å². The fraction of sp³-hybridized carbons (Fsp3) is 0.889. The normalized spacial score (nSPS) is 36.1. The van der Waals surface area contributed by atoms with Gasteiger partial charge in [0.1, 0.15) is 0 Å². The van der Waals surface area contributed by atoms with Crippen molar-refractivity contribution in [2.75, 3.05) is 19.6 Å². The van der Waals surface area contributed by atoms with Crippen LogP contribution in [0.2, 0.25) is 0 Å². The average molecular weight is 276 g/mol. The van der Waals surface area contributed by atoms with E-state index in [0.29, 0.717) is 6.04 Å². The van der Waals surface area contributed by atoms with Gasteiger partial charge in [-0.15, -0.1) is 0 Å². The molecule has 20 heavy (non-hydrogen) atoms. The summed E-state index contributed by atoms with van der Waals surface area (Å²) in [5.41, 5.74) is 0. The highest BCUT2D eigenvalue weighted by Crippen LogP contribution is 2.44. The Morgan fingerprint density at radius 1 is 1.10 bits per heavy atom. The highest BCUT2D eigenvalue weighted by Gasteiger charge is 2.38. The van der Waals surface area contributed by atoms with Crippen molar-refractivity contribution in [1.82, 2.24) is 10.2 Å². The lowest BCUT2D eigenvalue weighted by Gasteiger charge is -2.34. The molecule has 5 atom stereocenters. The number of hydrogen-bond acceptors (Lipinski definition) is 2. The number of nitrogens with one attached hydrogen (secondary N) is 1. The van der Waals surface area contributed by atoms with E-state index in [2.05, 4.69) is 43.1 Å². The van der Waals surface area contributed by atoms with E-state index in [0.717, 1.165) is 29.7 Å². The van der Waals surface area contributed by atoms with Gasteiger partial charge in [0.15, 0.2) is 0 Å². The maximum Gasteiger partial charge on any atom is 0.0243 e. The minimum atomic E-state index is 0.679. The van der Waals surface area contributed by atoms with Gasteiger partial charge in [-0.3, -0.25) is 4.90 Å². The third-order valence-electron chi connectivity index (χ3n) is 6.00. The molecule has 1 N–H and O–H groups in total. The fourth-order valence-corrected chi connectivity index (χ4v) is 4.72. The molecule has 2 bridgehead atoms. The summed E-state index contributed by atoms with van der Waals surface area (Å²) < 4.78 is 0. The molecular weight excluding hydrogens is 244 g/mol. The lowest BCUT2D eigenvalue weighted by atomic mass is 9.87. The molecule has 0 aromatic carbocycles. The molecule has 0 spiro atoms. The van der Waals surface area contributed by atoms with Crippen LogP contribution in [0.15, 0.2) is 12.2 Å². The highest BCUT2D eigenvalue weighted by molar-refractivity contribution is 5.11. The first kappa shape index (κ1) is 14.6. The molecule has 0 amide bonds. The number of hydrogen-bond donors (Lipinski definition) is 1. The van der Waals surface area contributed by atoms with Crippen LogP contribution in [0.3, 0.4) is 0 Å². The quantitative estimate of drug-likeness (QED) is 0.749. The van der Waals surface area contributed by atoms with Crippen molar-refractivity contribution in [1.29, 1.82) is 0 Å². The van der Waals surface area contributed by atoms with Crippen molar-refractivity contribution >= 4 is 0 Å². The van der Waals surface area contributed by atoms with E-state index in [1.54, 1.807) is 0 Å². The van der Waals surface area contributed by atoms with E-state index in [9.17, 15) is 0 Å². The molecule has 2 nitrogen and oxygen atoms in total. The molecule has 2 aliphatic carbocycles. The molecule has 1 saturated heterocycles. The highest BCUT2D eigenvalue weighted by atomic mass is 15.2. The molecule has 0 aromatic rings. The molecule has 3 aliphatic rings. The first-order valence-electron chi connectivity index (χ1n) is 8.81. The summed E-state index contributed by atoms with van der Waals surface area (Å²) in [5, 5.41) is 3.89. The minimum absolute atomic E-state index is 0.679. The first-order chi connectivity index (χ1) is 9.65. The van der Waals surface area contributed by atoms with Crippen LogP contribution in [0.25, 0.3) is 0 Å². The molecule has 1 saturated carbocycles. The molecule has 3 rings (SSSR count). The topological polar surface area (TPSA) is 15.3 Å². The molecule has 0 radical (unpaired) electrons. The van der Waals surface area contributed by atoms with E-state index >= 15 is 0 Å². The monoisotopic (exact) mass is 276 g/mol. The van der Waals surface area contributed by atoms with Crippen molar-refractivity contribution in [2.45, 2.75) is 58.5 Å². The molecule has 1 aliphatic heterocycles. The van der Waals surface area contributed by atoms with Gasteiger partial charge >= 0.3 is 0 Å². The summed E-state index contributed by atoms with van der Waals surface area (Å²) in [6.45, 7) is 11.0. The second-order valence-electron chi connectivity index (χ2n) is 7.70. The molecule has 5 unspecified atom stereocenters. The van der Waals surface area contributed by atoms with Gasteiger partial charge in [0.2, 0.25) is 0 Å². The van der Waals surface area contributed by atoms with Crippen LogP contribution in [0.1, 0.15) is 46.5 Å². The lowest BCUT2D eigenvalue weighted by molar-refractivity contribution is 0.175. The smallest absolute Gasteiger partial charge is 0.0243 e. The Morgan fingerprint density at radius 2 is 1.85 bits per heavy atom. The Bertz CT molecular complexity index is 343. The number of fused-ring (bicyclic) bond motifs is 2. The van der Waals surface area contributed by atoms with E-state index in [4.69, 9.17) is 0 Å². The second-order valence-corrected chi connectivity index (χ2v) is 7.70. The zero-order valence-electron chi connectivity index (χ0n) is 13.5. The van der Waals surface area contributed by atoms with Crippen LogP contribution < -0.4 is 5.32 Å². The van der Waals surface area contributed by atoms with Crippen LogP contribution >= 0.6 is 0 Å². The largest absolute Gasteiger partial charge is 0.312 e. The van der Waals surface area contributed by atoms with Crippen molar-refractivity contribution in [3.05, 3.63) is 12.2 Å². The summed E-state index contributed by atoms with van der Waals surface area (Å²) in [5.74, 6) is 3.41. The zero-order chi connectivity index (χ0) is 14.1. The van der Waals surface area contributed by atoms with Gasteiger partial charge in [0, 0.05) is 18.6 Å². The Labute approximate surface area is 125 Å². The molecule has 1 heterocycles. The second kappa shape index (κ2) is 6.19. The Kier molecular flexibility index (Phi) is 4.52. The predicted octanol–water partition coefficient (Wildman–Crippen LogP) is 3.30. The molecule has 2 heteroatoms. The number of nitrogens with zero attached hydrogens (tertiary/aromatic N) is 1. The zero-order valence-corrected chi connectivity index (χ0v) is 13.5. The lowest BCUT2D eigenvalue weighted by Crippen LogP contribution is -2.48. The first-order valence-corrected chi connectivity index (χ1v) is 8.81. The standard InChI is InChI=1S/C18H32N2/c1-13(2)18(20-8-4-5-9-20)12-19-14(3)17-11-15-6-7-16(17)10-15/h6-7,13-19H,4-5,8-12H2,1-3H3. The van der Waals surface area contributed by atoms with Crippen molar-refractivity contribution in [3.63, 3.8) is 0 Å². The predicted molar refractivity (Wildman–Crippen MR) is 85.7 cm³/mol. The molecule has 114 valence electrons. The van der Waals surface area contributed by atoms with E-state index in [-0.39, 0.29) is 0 Å². The van der Waals surface area contributed by atoms with Gasteiger partial charge in [0.05, 0.1) is 0 Å². The van der Waals surface area contributed by atoms with Crippen LogP contribution in [-0.2, 0) is 0 Å². The molecular formula is C18H32N2. The average Bonchev–Trinajstić information content (AvgIpc) is 3.15. The summed E-state index contributed by atoms with van der Waals surface area (Å²) in [6, 6.07) is 1.41. The third kappa shape index (κ3) is 2.96. The van der Waals surface area contributed by atoms with E-state index < -0.39 is 0 Å². The van der Waals surface area contributed by atoms with Crippen LogP contribution in [0.4, 0.5) is 0 Å². The summed E-state index contributed by atoms with van der Waals surface area (Å²) in [4.78, 5) is 2.71. The Morgan fingerprint density at radius 3 is 2.40 bits per heavy atom. The summed E-state index contributed by atoms with van der Waals surface area (Å²) in [7, 11) is 0. The molecule has 2 fully saturated rings. The number of allylic oxidation sites excluding steroid dienone is 2. The van der Waals surface area contributed by atoms with Crippen molar-refractivity contribution in [3.8, 4) is 0 Å². The van der Waals surface area contributed by atoms with Gasteiger partial charge in [-0.05, 0) is 69.4 Å². The molecule has 0 aromatic heterocycles. The maximum atomic E-state index is 3.89. The number of likely N-dealkylation sites (tertiary alicyclic amines) is 1. The van der Waals surface area contributed by atoms with Crippen LogP contribution in [-0.4, -0.2) is 36.6 Å². The van der Waals surface area contributed by atoms with Crippen LogP contribution in [0, 0.1) is 23.7 Å². The van der Waals surface area contributed by atoms with E-state index in [1.165, 1.54) is 45.3 Å². The van der Waals surface area contributed by atoms with Gasteiger partial charge in [-0.1, -0.05) is 26.0 Å². The Balaban J connectivity index is 1.50. The van der Waals surface area contributed by atoms with Gasteiger partial charge in [-0.2, -0.15) is 0 Å².